The molecule has 32 heavy (non-hydrogen) atoms. The Kier molecular flexibility index (Phi) is 6.27. The van der Waals surface area contributed by atoms with Crippen molar-refractivity contribution in [3.63, 3.8) is 0 Å². The number of benzene rings is 2. The maximum absolute atomic E-state index is 12.6. The number of hydrogen-bond donors (Lipinski definition) is 0. The van der Waals surface area contributed by atoms with Crippen LogP contribution in [0.1, 0.15) is 0 Å². The largest absolute Gasteiger partial charge is 0.497 e. The van der Waals surface area contributed by atoms with Gasteiger partial charge in [-0.05, 0) is 24.3 Å². The molecule has 0 radical (unpaired) electrons. The zero-order chi connectivity index (χ0) is 22.7. The second-order valence-corrected chi connectivity index (χ2v) is 8.18. The fourth-order valence-corrected chi connectivity index (χ4v) is 4.15. The van der Waals surface area contributed by atoms with Crippen molar-refractivity contribution in [3.05, 3.63) is 60.8 Å². The highest BCUT2D eigenvalue weighted by atomic mass is 32.2. The predicted octanol–water partition coefficient (Wildman–Crippen LogP) is 3.65. The van der Waals surface area contributed by atoms with E-state index >= 15 is 0 Å². The van der Waals surface area contributed by atoms with Gasteiger partial charge in [0.25, 0.3) is 0 Å². The first kappa shape index (κ1) is 21.6. The molecule has 1 amide bonds. The Labute approximate surface area is 190 Å². The molecule has 2 aromatic carbocycles. The molecule has 0 N–H and O–H groups in total. The molecule has 0 unspecified atom stereocenters. The molecule has 0 bridgehead atoms. The highest BCUT2D eigenvalue weighted by molar-refractivity contribution is 7.99. The van der Waals surface area contributed by atoms with Gasteiger partial charge in [-0.3, -0.25) is 9.48 Å². The molecule has 4 aromatic rings. The summed E-state index contributed by atoms with van der Waals surface area (Å²) in [6.07, 6.45) is 1.92. The van der Waals surface area contributed by atoms with E-state index in [9.17, 15) is 4.79 Å². The number of hydrogen-bond acceptors (Lipinski definition) is 6. The van der Waals surface area contributed by atoms with Gasteiger partial charge in [0.1, 0.15) is 11.4 Å². The lowest BCUT2D eigenvalue weighted by Gasteiger charge is -2.16. The van der Waals surface area contributed by atoms with Gasteiger partial charge >= 0.3 is 0 Å². The van der Waals surface area contributed by atoms with Gasteiger partial charge in [-0.15, -0.1) is 10.2 Å². The second-order valence-electron chi connectivity index (χ2n) is 7.24. The highest BCUT2D eigenvalue weighted by Crippen LogP contribution is 2.32. The van der Waals surface area contributed by atoms with E-state index in [0.29, 0.717) is 11.0 Å². The number of thioether (sulfide) groups is 1. The number of para-hydroxylation sites is 1. The Bertz CT molecular complexity index is 1230. The standard InChI is InChI=1S/C23H24N6O2S/c1-27-14-19(21(26-27)16-9-8-12-18(13-16)31-4)22-24-25-23(29(22)3)32-15-20(30)28(2)17-10-6-5-7-11-17/h5-14H,15H2,1-4H3. The predicted molar refractivity (Wildman–Crippen MR) is 126 cm³/mol. The van der Waals surface area contributed by atoms with Gasteiger partial charge in [-0.2, -0.15) is 5.10 Å². The van der Waals surface area contributed by atoms with Gasteiger partial charge in [0.2, 0.25) is 5.91 Å². The molecule has 0 aliphatic carbocycles. The zero-order valence-corrected chi connectivity index (χ0v) is 19.2. The van der Waals surface area contributed by atoms with E-state index in [1.54, 1.807) is 23.7 Å². The van der Waals surface area contributed by atoms with Crippen LogP contribution >= 0.6 is 11.8 Å². The summed E-state index contributed by atoms with van der Waals surface area (Å²) in [5.74, 6) is 1.69. The number of aryl methyl sites for hydroxylation is 1. The van der Waals surface area contributed by atoms with Crippen molar-refractivity contribution in [2.24, 2.45) is 14.1 Å². The Morgan fingerprint density at radius 1 is 1.09 bits per heavy atom. The molecule has 2 heterocycles. The summed E-state index contributed by atoms with van der Waals surface area (Å²) >= 11 is 1.36. The molecule has 0 saturated heterocycles. The quantitative estimate of drug-likeness (QED) is 0.402. The van der Waals surface area contributed by atoms with Crippen LogP contribution in [0.15, 0.2) is 66.0 Å². The summed E-state index contributed by atoms with van der Waals surface area (Å²) in [6.45, 7) is 0. The van der Waals surface area contributed by atoms with E-state index in [1.807, 2.05) is 79.5 Å². The number of methoxy groups -OCH3 is 1. The monoisotopic (exact) mass is 448 g/mol. The molecule has 164 valence electrons. The van der Waals surface area contributed by atoms with Crippen molar-refractivity contribution in [3.8, 4) is 28.4 Å². The molecule has 9 heteroatoms. The lowest BCUT2D eigenvalue weighted by atomic mass is 10.1. The van der Waals surface area contributed by atoms with Gasteiger partial charge in [-0.25, -0.2) is 0 Å². The number of nitrogens with zero attached hydrogens (tertiary/aromatic N) is 6. The highest BCUT2D eigenvalue weighted by Gasteiger charge is 2.20. The number of amides is 1. The Balaban J connectivity index is 1.55. The van der Waals surface area contributed by atoms with Crippen LogP contribution in [0.5, 0.6) is 5.75 Å². The van der Waals surface area contributed by atoms with E-state index in [4.69, 9.17) is 4.74 Å². The number of carbonyl (C=O) groups excluding carboxylic acids is 1. The molecule has 0 fully saturated rings. The van der Waals surface area contributed by atoms with E-state index in [2.05, 4.69) is 15.3 Å². The molecule has 0 spiro atoms. The van der Waals surface area contributed by atoms with E-state index in [0.717, 1.165) is 28.3 Å². The zero-order valence-electron chi connectivity index (χ0n) is 18.4. The lowest BCUT2D eigenvalue weighted by Crippen LogP contribution is -2.27. The van der Waals surface area contributed by atoms with Gasteiger partial charge < -0.3 is 14.2 Å². The first-order valence-corrected chi connectivity index (χ1v) is 11.0. The van der Waals surface area contributed by atoms with Crippen LogP contribution in [-0.2, 0) is 18.9 Å². The lowest BCUT2D eigenvalue weighted by molar-refractivity contribution is -0.115. The Hall–Kier alpha value is -3.59. The molecular formula is C23H24N6O2S. The maximum Gasteiger partial charge on any atom is 0.237 e. The van der Waals surface area contributed by atoms with Crippen molar-refractivity contribution < 1.29 is 9.53 Å². The van der Waals surface area contributed by atoms with Gasteiger partial charge in [0.05, 0.1) is 18.4 Å². The first-order valence-electron chi connectivity index (χ1n) is 10.00. The molecule has 0 atom stereocenters. The van der Waals surface area contributed by atoms with E-state index in [-0.39, 0.29) is 11.7 Å². The minimum absolute atomic E-state index is 0.0100. The number of carbonyl (C=O) groups is 1. The second kappa shape index (κ2) is 9.27. The van der Waals surface area contributed by atoms with Crippen molar-refractivity contribution in [1.29, 1.82) is 0 Å². The molecule has 0 aliphatic heterocycles. The van der Waals surface area contributed by atoms with E-state index in [1.165, 1.54) is 11.8 Å². The summed E-state index contributed by atoms with van der Waals surface area (Å²) in [5.41, 5.74) is 3.43. The van der Waals surface area contributed by atoms with Crippen molar-refractivity contribution in [1.82, 2.24) is 24.5 Å². The summed E-state index contributed by atoms with van der Waals surface area (Å²) in [6, 6.07) is 17.3. The summed E-state index contributed by atoms with van der Waals surface area (Å²) in [7, 11) is 7.18. The first-order chi connectivity index (χ1) is 15.5. The Morgan fingerprint density at radius 2 is 1.88 bits per heavy atom. The normalized spacial score (nSPS) is 10.9. The van der Waals surface area contributed by atoms with Crippen molar-refractivity contribution >= 4 is 23.4 Å². The summed E-state index contributed by atoms with van der Waals surface area (Å²) in [5, 5.41) is 14.0. The summed E-state index contributed by atoms with van der Waals surface area (Å²) in [4.78, 5) is 14.3. The molecule has 2 aromatic heterocycles. The topological polar surface area (TPSA) is 78.1 Å². The van der Waals surface area contributed by atoms with E-state index < -0.39 is 0 Å². The minimum Gasteiger partial charge on any atom is -0.497 e. The Morgan fingerprint density at radius 3 is 2.62 bits per heavy atom. The number of ether oxygens (including phenoxy) is 1. The van der Waals surface area contributed by atoms with Crippen LogP contribution in [0.3, 0.4) is 0 Å². The number of aromatic nitrogens is 5. The van der Waals surface area contributed by atoms with Crippen LogP contribution in [-0.4, -0.2) is 50.4 Å². The molecule has 4 rings (SSSR count). The minimum atomic E-state index is -0.0100. The SMILES string of the molecule is COc1cccc(-c2nn(C)cc2-c2nnc(SCC(=O)N(C)c3ccccc3)n2C)c1. The average molecular weight is 449 g/mol. The number of rotatable bonds is 7. The third-order valence-corrected chi connectivity index (χ3v) is 6.10. The number of anilines is 1. The maximum atomic E-state index is 12.6. The van der Waals surface area contributed by atoms with Gasteiger partial charge in [0, 0.05) is 38.6 Å². The van der Waals surface area contributed by atoms with Crippen molar-refractivity contribution in [2.45, 2.75) is 5.16 Å². The fraction of sp³-hybridized carbons (Fsp3) is 0.217. The van der Waals surface area contributed by atoms with Crippen LogP contribution < -0.4 is 9.64 Å². The van der Waals surface area contributed by atoms with Crippen molar-refractivity contribution in [2.75, 3.05) is 24.8 Å². The average Bonchev–Trinajstić information content (AvgIpc) is 3.39. The van der Waals surface area contributed by atoms with Crippen LogP contribution in [0, 0.1) is 0 Å². The summed E-state index contributed by atoms with van der Waals surface area (Å²) < 4.78 is 9.00. The van der Waals surface area contributed by atoms with Crippen LogP contribution in [0.25, 0.3) is 22.6 Å². The molecule has 0 saturated carbocycles. The fourth-order valence-electron chi connectivity index (χ4n) is 3.33. The van der Waals surface area contributed by atoms with Crippen LogP contribution in [0.2, 0.25) is 0 Å². The molecular weight excluding hydrogens is 424 g/mol. The third kappa shape index (κ3) is 4.38. The third-order valence-electron chi connectivity index (χ3n) is 5.09. The smallest absolute Gasteiger partial charge is 0.237 e. The molecule has 0 aliphatic rings. The molecule has 8 nitrogen and oxygen atoms in total. The van der Waals surface area contributed by atoms with Gasteiger partial charge in [-0.1, -0.05) is 42.1 Å². The van der Waals surface area contributed by atoms with Gasteiger partial charge in [0.15, 0.2) is 11.0 Å². The van der Waals surface area contributed by atoms with Crippen LogP contribution in [0.4, 0.5) is 5.69 Å².